The normalized spacial score (nSPS) is 13.2. The average molecular weight is 178 g/mol. The highest BCUT2D eigenvalue weighted by atomic mass is 16.3. The molecule has 0 bridgehead atoms. The molecule has 1 aromatic rings. The highest BCUT2D eigenvalue weighted by Crippen LogP contribution is 2.18. The first kappa shape index (κ1) is 10.2. The Bertz CT molecular complexity index is 235. The van der Waals surface area contributed by atoms with Crippen LogP contribution in [0, 0.1) is 7.05 Å². The van der Waals surface area contributed by atoms with Crippen LogP contribution in [0.25, 0.3) is 0 Å². The Labute approximate surface area is 79.8 Å². The van der Waals surface area contributed by atoms with Crippen LogP contribution in [0.1, 0.15) is 18.5 Å². The predicted molar refractivity (Wildman–Crippen MR) is 54.0 cm³/mol. The van der Waals surface area contributed by atoms with Gasteiger partial charge in [-0.2, -0.15) is 0 Å². The molecule has 0 fully saturated rings. The number of hydrogen-bond acceptors (Lipinski definition) is 2. The quantitative estimate of drug-likeness (QED) is 0.711. The van der Waals surface area contributed by atoms with E-state index in [1.165, 1.54) is 0 Å². The van der Waals surface area contributed by atoms with Crippen LogP contribution in [0.5, 0.6) is 0 Å². The standard InChI is InChI=1S/C11H16NO/c1-3-12(2)11(9-13)10-7-5-4-6-8-10/h4-8,11,13H,2-3,9H2,1H3/q-1/t11-/m1/s1. The fourth-order valence-corrected chi connectivity index (χ4v) is 1.33. The van der Waals surface area contributed by atoms with Crippen molar-refractivity contribution in [3.05, 3.63) is 42.9 Å². The van der Waals surface area contributed by atoms with Gasteiger partial charge >= 0.3 is 0 Å². The summed E-state index contributed by atoms with van der Waals surface area (Å²) in [6.07, 6.45) is 0. The summed E-state index contributed by atoms with van der Waals surface area (Å²) in [5.41, 5.74) is 1.11. The molecule has 0 saturated carbocycles. The highest BCUT2D eigenvalue weighted by Gasteiger charge is 2.08. The number of benzene rings is 1. The molecule has 1 N–H and O–H groups in total. The molecule has 1 rings (SSSR count). The molecular formula is C11H16NO-. The Morgan fingerprint density at radius 1 is 1.38 bits per heavy atom. The lowest BCUT2D eigenvalue weighted by molar-refractivity contribution is 0.167. The van der Waals surface area contributed by atoms with Crippen molar-refractivity contribution in [3.8, 4) is 0 Å². The molecule has 2 heteroatoms. The van der Waals surface area contributed by atoms with Crippen LogP contribution in [0.3, 0.4) is 0 Å². The third-order valence-electron chi connectivity index (χ3n) is 2.20. The maximum atomic E-state index is 9.20. The molecule has 0 aromatic heterocycles. The SMILES string of the molecule is [CH2-]N(CC)[C@H](CO)c1ccccc1. The third-order valence-corrected chi connectivity index (χ3v) is 2.20. The molecule has 1 atom stereocenters. The van der Waals surface area contributed by atoms with Gasteiger partial charge in [-0.15, -0.1) is 0 Å². The zero-order valence-corrected chi connectivity index (χ0v) is 7.98. The van der Waals surface area contributed by atoms with Crippen LogP contribution in [0.4, 0.5) is 0 Å². The molecule has 1 aromatic carbocycles. The lowest BCUT2D eigenvalue weighted by atomic mass is 10.1. The highest BCUT2D eigenvalue weighted by molar-refractivity contribution is 5.19. The van der Waals surface area contributed by atoms with E-state index in [9.17, 15) is 5.11 Å². The van der Waals surface area contributed by atoms with Crippen molar-refractivity contribution in [2.24, 2.45) is 0 Å². The van der Waals surface area contributed by atoms with Gasteiger partial charge in [0.1, 0.15) is 0 Å². The first-order valence-corrected chi connectivity index (χ1v) is 4.52. The first-order valence-electron chi connectivity index (χ1n) is 4.52. The molecular weight excluding hydrogens is 162 g/mol. The van der Waals surface area contributed by atoms with Gasteiger partial charge in [0.25, 0.3) is 0 Å². The van der Waals surface area contributed by atoms with Crippen LogP contribution in [0.2, 0.25) is 0 Å². The van der Waals surface area contributed by atoms with Gasteiger partial charge in [-0.3, -0.25) is 7.05 Å². The minimum absolute atomic E-state index is 0.0196. The van der Waals surface area contributed by atoms with E-state index in [0.29, 0.717) is 0 Å². The van der Waals surface area contributed by atoms with Gasteiger partial charge in [0.2, 0.25) is 0 Å². The number of likely N-dealkylation sites (N-methyl/N-ethyl adjacent to an activating group) is 1. The molecule has 0 aliphatic carbocycles. The summed E-state index contributed by atoms with van der Waals surface area (Å²) < 4.78 is 0. The summed E-state index contributed by atoms with van der Waals surface area (Å²) in [6, 6.07) is 9.95. The van der Waals surface area contributed by atoms with E-state index in [2.05, 4.69) is 7.05 Å². The lowest BCUT2D eigenvalue weighted by Crippen LogP contribution is -2.24. The van der Waals surface area contributed by atoms with Crippen molar-refractivity contribution in [3.63, 3.8) is 0 Å². The second-order valence-electron chi connectivity index (χ2n) is 3.01. The number of aliphatic hydroxyl groups excluding tert-OH is 1. The number of hydrogen-bond donors (Lipinski definition) is 1. The first-order chi connectivity index (χ1) is 6.29. The van der Waals surface area contributed by atoms with E-state index in [-0.39, 0.29) is 12.6 Å². The van der Waals surface area contributed by atoms with E-state index >= 15 is 0 Å². The average Bonchev–Trinajstić information content (AvgIpc) is 2.20. The van der Waals surface area contributed by atoms with E-state index in [1.807, 2.05) is 42.2 Å². The Hall–Kier alpha value is -0.860. The summed E-state index contributed by atoms with van der Waals surface area (Å²) >= 11 is 0. The minimum atomic E-state index is 0.0196. The number of aliphatic hydroxyl groups is 1. The molecule has 0 aliphatic rings. The van der Waals surface area contributed by atoms with Crippen molar-refractivity contribution < 1.29 is 5.11 Å². The van der Waals surface area contributed by atoms with Crippen molar-refractivity contribution in [2.45, 2.75) is 13.0 Å². The zero-order chi connectivity index (χ0) is 9.68. The van der Waals surface area contributed by atoms with Gasteiger partial charge in [0.15, 0.2) is 0 Å². The van der Waals surface area contributed by atoms with Crippen molar-refractivity contribution in [1.29, 1.82) is 0 Å². The Morgan fingerprint density at radius 2 is 2.00 bits per heavy atom. The van der Waals surface area contributed by atoms with E-state index in [4.69, 9.17) is 0 Å². The smallest absolute Gasteiger partial charge is 0.0604 e. The summed E-state index contributed by atoms with van der Waals surface area (Å²) in [4.78, 5) is 1.88. The fraction of sp³-hybridized carbons (Fsp3) is 0.364. The number of rotatable bonds is 4. The van der Waals surface area contributed by atoms with Crippen LogP contribution < -0.4 is 0 Å². The fourth-order valence-electron chi connectivity index (χ4n) is 1.33. The maximum Gasteiger partial charge on any atom is 0.0604 e. The van der Waals surface area contributed by atoms with Gasteiger partial charge < -0.3 is 10.0 Å². The van der Waals surface area contributed by atoms with Crippen LogP contribution in [-0.4, -0.2) is 23.2 Å². The van der Waals surface area contributed by atoms with Gasteiger partial charge in [0.05, 0.1) is 6.61 Å². The largest absolute Gasteiger partial charge is 0.451 e. The van der Waals surface area contributed by atoms with Gasteiger partial charge in [-0.1, -0.05) is 37.3 Å². The van der Waals surface area contributed by atoms with Crippen molar-refractivity contribution in [1.82, 2.24) is 4.90 Å². The molecule has 0 amide bonds. The van der Waals surface area contributed by atoms with Crippen LogP contribution in [-0.2, 0) is 0 Å². The predicted octanol–water partition coefficient (Wildman–Crippen LogP) is 1.83. The molecule has 13 heavy (non-hydrogen) atoms. The summed E-state index contributed by atoms with van der Waals surface area (Å²) in [5, 5.41) is 9.20. The third kappa shape index (κ3) is 2.54. The van der Waals surface area contributed by atoms with Gasteiger partial charge in [-0.25, -0.2) is 0 Å². The van der Waals surface area contributed by atoms with Crippen LogP contribution >= 0.6 is 0 Å². The molecule has 0 radical (unpaired) electrons. The Morgan fingerprint density at radius 3 is 2.46 bits per heavy atom. The molecule has 2 nitrogen and oxygen atoms in total. The molecule has 0 aliphatic heterocycles. The van der Waals surface area contributed by atoms with Gasteiger partial charge in [-0.05, 0) is 12.1 Å². The molecule has 0 unspecified atom stereocenters. The van der Waals surface area contributed by atoms with Crippen molar-refractivity contribution >= 4 is 0 Å². The summed E-state index contributed by atoms with van der Waals surface area (Å²) in [5.74, 6) is 0. The van der Waals surface area contributed by atoms with Crippen LogP contribution in [0.15, 0.2) is 30.3 Å². The second kappa shape index (κ2) is 5.00. The van der Waals surface area contributed by atoms with E-state index < -0.39 is 0 Å². The Kier molecular flexibility index (Phi) is 3.93. The summed E-state index contributed by atoms with van der Waals surface area (Å²) in [6.45, 7) is 2.97. The molecule has 0 saturated heterocycles. The molecule has 0 heterocycles. The molecule has 72 valence electrons. The Balaban J connectivity index is 2.78. The zero-order valence-electron chi connectivity index (χ0n) is 7.98. The number of nitrogens with zero attached hydrogens (tertiary/aromatic N) is 1. The van der Waals surface area contributed by atoms with E-state index in [0.717, 1.165) is 12.1 Å². The van der Waals surface area contributed by atoms with Gasteiger partial charge in [0, 0.05) is 6.04 Å². The van der Waals surface area contributed by atoms with E-state index in [1.54, 1.807) is 0 Å². The monoisotopic (exact) mass is 178 g/mol. The summed E-state index contributed by atoms with van der Waals surface area (Å²) in [7, 11) is 3.88. The molecule has 0 spiro atoms. The second-order valence-corrected chi connectivity index (χ2v) is 3.01. The lowest BCUT2D eigenvalue weighted by Gasteiger charge is -2.32. The topological polar surface area (TPSA) is 23.5 Å². The maximum absolute atomic E-state index is 9.20. The van der Waals surface area contributed by atoms with Crippen molar-refractivity contribution in [2.75, 3.05) is 13.2 Å². The minimum Gasteiger partial charge on any atom is -0.451 e.